The van der Waals surface area contributed by atoms with E-state index in [0.29, 0.717) is 6.32 Å². The number of carbonyl (C=O) groups is 3. The Hall–Kier alpha value is -1.83. The highest BCUT2D eigenvalue weighted by Gasteiger charge is 2.14. The highest BCUT2D eigenvalue weighted by molar-refractivity contribution is 6.08. The molecule has 0 saturated heterocycles. The predicted molar refractivity (Wildman–Crippen MR) is 80.9 cm³/mol. The first-order valence-electron chi connectivity index (χ1n) is 7.12. The Morgan fingerprint density at radius 3 is 2.23 bits per heavy atom. The predicted octanol–water partition coefficient (Wildman–Crippen LogP) is -0.227. The minimum atomic E-state index is -1.13. The Kier molecular flexibility index (Phi) is 9.94. The van der Waals surface area contributed by atoms with Crippen molar-refractivity contribution in [2.75, 3.05) is 13.2 Å². The molecule has 2 unspecified atom stereocenters. The molecule has 0 aliphatic rings. The van der Waals surface area contributed by atoms with Crippen LogP contribution in [0.15, 0.2) is 12.2 Å². The first-order chi connectivity index (χ1) is 10.3. The van der Waals surface area contributed by atoms with Crippen LogP contribution >= 0.6 is 0 Å². The third-order valence-electron chi connectivity index (χ3n) is 2.63. The van der Waals surface area contributed by atoms with Crippen LogP contribution in [-0.4, -0.2) is 56.3 Å². The number of esters is 3. The average Bonchev–Trinajstić information content (AvgIpc) is 2.47. The standard InChI is InChI=1S/C14H23BO7/c1-9(2)14(19)21-8-11(16)7-20-12(17)4-5-13(18)22-10(3)6-15/h10-11,16H,1,4-8,15H2,2-3H3. The van der Waals surface area contributed by atoms with E-state index < -0.39 is 24.0 Å². The Bertz CT molecular complexity index is 408. The van der Waals surface area contributed by atoms with Crippen LogP contribution in [0.3, 0.4) is 0 Å². The van der Waals surface area contributed by atoms with Crippen LogP contribution in [0.25, 0.3) is 0 Å². The Morgan fingerprint density at radius 2 is 1.68 bits per heavy atom. The SMILES string of the molecule is BCC(C)OC(=O)CCC(=O)OCC(O)COC(=O)C(=C)C. The van der Waals surface area contributed by atoms with E-state index in [1.807, 2.05) is 7.85 Å². The number of aliphatic hydroxyl groups is 1. The van der Waals surface area contributed by atoms with Crippen LogP contribution in [0.5, 0.6) is 0 Å². The summed E-state index contributed by atoms with van der Waals surface area (Å²) in [5, 5.41) is 9.48. The summed E-state index contributed by atoms with van der Waals surface area (Å²) in [5.74, 6) is -1.73. The molecule has 0 aliphatic heterocycles. The van der Waals surface area contributed by atoms with Gasteiger partial charge in [0.15, 0.2) is 0 Å². The van der Waals surface area contributed by atoms with Gasteiger partial charge in [0.1, 0.15) is 27.2 Å². The fourth-order valence-corrected chi connectivity index (χ4v) is 1.18. The van der Waals surface area contributed by atoms with Gasteiger partial charge in [0.25, 0.3) is 0 Å². The molecule has 0 rings (SSSR count). The largest absolute Gasteiger partial charge is 0.463 e. The van der Waals surface area contributed by atoms with E-state index in [1.54, 1.807) is 6.92 Å². The van der Waals surface area contributed by atoms with Crippen molar-refractivity contribution in [1.82, 2.24) is 0 Å². The van der Waals surface area contributed by atoms with Gasteiger partial charge in [-0.15, -0.1) is 0 Å². The third-order valence-corrected chi connectivity index (χ3v) is 2.63. The molecule has 0 aromatic rings. The molecule has 0 fully saturated rings. The number of hydrogen-bond donors (Lipinski definition) is 1. The summed E-state index contributed by atoms with van der Waals surface area (Å²) < 4.78 is 14.5. The molecule has 0 aromatic carbocycles. The Morgan fingerprint density at radius 1 is 1.14 bits per heavy atom. The van der Waals surface area contributed by atoms with Crippen LogP contribution in [0.1, 0.15) is 26.7 Å². The normalized spacial score (nSPS) is 12.9. The molecule has 0 aliphatic carbocycles. The summed E-state index contributed by atoms with van der Waals surface area (Å²) in [6.45, 7) is 6.02. The second kappa shape index (κ2) is 10.8. The topological polar surface area (TPSA) is 99.1 Å². The first kappa shape index (κ1) is 20.2. The van der Waals surface area contributed by atoms with Crippen molar-refractivity contribution in [3.63, 3.8) is 0 Å². The number of hydrogen-bond acceptors (Lipinski definition) is 7. The molecule has 0 radical (unpaired) electrons. The molecule has 0 saturated carbocycles. The van der Waals surface area contributed by atoms with E-state index in [2.05, 4.69) is 6.58 Å². The zero-order valence-corrected chi connectivity index (χ0v) is 13.3. The molecule has 8 heteroatoms. The summed E-state index contributed by atoms with van der Waals surface area (Å²) in [5.41, 5.74) is 0.212. The van der Waals surface area contributed by atoms with Gasteiger partial charge in [-0.05, 0) is 20.2 Å². The Labute approximate surface area is 131 Å². The molecule has 1 N–H and O–H groups in total. The van der Waals surface area contributed by atoms with Gasteiger partial charge in [0.05, 0.1) is 18.9 Å². The highest BCUT2D eigenvalue weighted by atomic mass is 16.6. The summed E-state index contributed by atoms with van der Waals surface area (Å²) in [7, 11) is 1.88. The smallest absolute Gasteiger partial charge is 0.333 e. The maximum absolute atomic E-state index is 11.4. The van der Waals surface area contributed by atoms with Crippen molar-refractivity contribution in [3.05, 3.63) is 12.2 Å². The van der Waals surface area contributed by atoms with Gasteiger partial charge in [-0.2, -0.15) is 0 Å². The second-order valence-electron chi connectivity index (χ2n) is 4.92. The molecule has 7 nitrogen and oxygen atoms in total. The van der Waals surface area contributed by atoms with Crippen molar-refractivity contribution in [3.8, 4) is 0 Å². The van der Waals surface area contributed by atoms with Crippen molar-refractivity contribution >= 4 is 25.8 Å². The van der Waals surface area contributed by atoms with E-state index in [4.69, 9.17) is 14.2 Å². The third kappa shape index (κ3) is 9.98. The van der Waals surface area contributed by atoms with Crippen molar-refractivity contribution in [2.24, 2.45) is 0 Å². The minimum absolute atomic E-state index is 0.0795. The molecule has 0 spiro atoms. The van der Waals surface area contributed by atoms with Crippen molar-refractivity contribution in [2.45, 2.75) is 45.2 Å². The van der Waals surface area contributed by atoms with Crippen molar-refractivity contribution in [1.29, 1.82) is 0 Å². The van der Waals surface area contributed by atoms with Crippen LogP contribution in [0, 0.1) is 0 Å². The Balaban J connectivity index is 3.82. The van der Waals surface area contributed by atoms with Gasteiger partial charge in [-0.3, -0.25) is 9.59 Å². The molecule has 124 valence electrons. The van der Waals surface area contributed by atoms with Gasteiger partial charge >= 0.3 is 17.9 Å². The monoisotopic (exact) mass is 314 g/mol. The summed E-state index contributed by atoms with van der Waals surface area (Å²) >= 11 is 0. The lowest BCUT2D eigenvalue weighted by Crippen LogP contribution is -2.25. The van der Waals surface area contributed by atoms with Crippen LogP contribution < -0.4 is 0 Å². The van der Waals surface area contributed by atoms with Crippen LogP contribution in [0.4, 0.5) is 0 Å². The van der Waals surface area contributed by atoms with Gasteiger partial charge in [0, 0.05) is 5.57 Å². The molecule has 0 heterocycles. The molecule has 0 bridgehead atoms. The summed E-state index contributed by atoms with van der Waals surface area (Å²) in [6, 6.07) is 0. The van der Waals surface area contributed by atoms with E-state index in [9.17, 15) is 19.5 Å². The average molecular weight is 314 g/mol. The molecule has 2 atom stereocenters. The van der Waals surface area contributed by atoms with Gasteiger partial charge in [-0.1, -0.05) is 6.58 Å². The second-order valence-corrected chi connectivity index (χ2v) is 4.92. The fourth-order valence-electron chi connectivity index (χ4n) is 1.18. The lowest BCUT2D eigenvalue weighted by molar-refractivity contribution is -0.155. The summed E-state index contributed by atoms with van der Waals surface area (Å²) in [6.07, 6.45) is -0.824. The molecular weight excluding hydrogens is 291 g/mol. The van der Waals surface area contributed by atoms with Gasteiger partial charge in [0.2, 0.25) is 0 Å². The lowest BCUT2D eigenvalue weighted by Gasteiger charge is -2.12. The number of aliphatic hydroxyl groups excluding tert-OH is 1. The van der Waals surface area contributed by atoms with Gasteiger partial charge in [-0.25, -0.2) is 4.79 Å². The number of rotatable bonds is 10. The fraction of sp³-hybridized carbons (Fsp3) is 0.643. The van der Waals surface area contributed by atoms with Crippen molar-refractivity contribution < 1.29 is 33.7 Å². The minimum Gasteiger partial charge on any atom is -0.463 e. The quantitative estimate of drug-likeness (QED) is 0.257. The lowest BCUT2D eigenvalue weighted by atomic mass is 10.0. The maximum atomic E-state index is 11.4. The van der Waals surface area contributed by atoms with Crippen LogP contribution in [0.2, 0.25) is 6.32 Å². The number of ether oxygens (including phenoxy) is 3. The highest BCUT2D eigenvalue weighted by Crippen LogP contribution is 2.02. The van der Waals surface area contributed by atoms with E-state index in [0.717, 1.165) is 0 Å². The van der Waals surface area contributed by atoms with Crippen LogP contribution in [-0.2, 0) is 28.6 Å². The molecular formula is C14H23BO7. The zero-order valence-electron chi connectivity index (χ0n) is 13.3. The zero-order chi connectivity index (χ0) is 17.1. The van der Waals surface area contributed by atoms with E-state index in [-0.39, 0.29) is 37.7 Å². The number of carbonyl (C=O) groups excluding carboxylic acids is 3. The first-order valence-corrected chi connectivity index (χ1v) is 7.12. The summed E-state index contributed by atoms with van der Waals surface area (Å²) in [4.78, 5) is 33.8. The van der Waals surface area contributed by atoms with E-state index in [1.165, 1.54) is 6.92 Å². The van der Waals surface area contributed by atoms with E-state index >= 15 is 0 Å². The molecule has 22 heavy (non-hydrogen) atoms. The maximum Gasteiger partial charge on any atom is 0.333 e. The molecule has 0 amide bonds. The molecule has 0 aromatic heterocycles. The van der Waals surface area contributed by atoms with Gasteiger partial charge < -0.3 is 19.3 Å².